The van der Waals surface area contributed by atoms with E-state index in [1.54, 1.807) is 7.11 Å². The summed E-state index contributed by atoms with van der Waals surface area (Å²) in [6.45, 7) is 4.87. The van der Waals surface area contributed by atoms with Crippen molar-refractivity contribution in [1.82, 2.24) is 5.32 Å². The Hall–Kier alpha value is -0.610. The minimum absolute atomic E-state index is 0.155. The number of aliphatic carboxylic acids is 1. The highest BCUT2D eigenvalue weighted by Crippen LogP contribution is 2.31. The summed E-state index contributed by atoms with van der Waals surface area (Å²) in [7, 11) is 1.69. The molecule has 0 aromatic heterocycles. The van der Waals surface area contributed by atoms with Crippen molar-refractivity contribution < 1.29 is 14.6 Å². The van der Waals surface area contributed by atoms with E-state index in [0.29, 0.717) is 0 Å². The number of carboxylic acids is 1. The molecule has 1 rings (SSSR count). The summed E-state index contributed by atoms with van der Waals surface area (Å²) in [5, 5.41) is 12.4. The molecule has 0 amide bonds. The molecule has 0 heterocycles. The van der Waals surface area contributed by atoms with Gasteiger partial charge in [0.1, 0.15) is 0 Å². The third kappa shape index (κ3) is 3.46. The molecule has 4 heteroatoms. The Morgan fingerprint density at radius 1 is 1.50 bits per heavy atom. The van der Waals surface area contributed by atoms with Gasteiger partial charge in [-0.25, -0.2) is 0 Å². The molecule has 1 aliphatic carbocycles. The van der Waals surface area contributed by atoms with Crippen LogP contribution >= 0.6 is 0 Å². The van der Waals surface area contributed by atoms with Crippen molar-refractivity contribution in [2.24, 2.45) is 11.8 Å². The molecule has 4 unspecified atom stereocenters. The van der Waals surface area contributed by atoms with Crippen LogP contribution in [0.3, 0.4) is 0 Å². The van der Waals surface area contributed by atoms with Crippen molar-refractivity contribution >= 4 is 5.97 Å². The van der Waals surface area contributed by atoms with Crippen LogP contribution in [0.4, 0.5) is 0 Å². The monoisotopic (exact) mass is 229 g/mol. The minimum Gasteiger partial charge on any atom is -0.481 e. The predicted molar refractivity (Wildman–Crippen MR) is 62.4 cm³/mol. The van der Waals surface area contributed by atoms with Gasteiger partial charge < -0.3 is 15.2 Å². The molecule has 2 N–H and O–H groups in total. The molecular formula is C12H23NO3. The number of carbonyl (C=O) groups is 1. The van der Waals surface area contributed by atoms with Crippen LogP contribution in [0, 0.1) is 11.8 Å². The SMILES string of the molecule is COC(C)C(C)NCC1CCCC1C(=O)O. The van der Waals surface area contributed by atoms with Crippen molar-refractivity contribution in [2.75, 3.05) is 13.7 Å². The average molecular weight is 229 g/mol. The maximum Gasteiger partial charge on any atom is 0.306 e. The molecule has 0 saturated heterocycles. The topological polar surface area (TPSA) is 58.6 Å². The summed E-state index contributed by atoms with van der Waals surface area (Å²) in [5.41, 5.74) is 0. The smallest absolute Gasteiger partial charge is 0.306 e. The Labute approximate surface area is 97.4 Å². The van der Waals surface area contributed by atoms with Crippen LogP contribution in [0.5, 0.6) is 0 Å². The number of hydrogen-bond acceptors (Lipinski definition) is 3. The molecule has 4 atom stereocenters. The van der Waals surface area contributed by atoms with Crippen LogP contribution in [0.1, 0.15) is 33.1 Å². The predicted octanol–water partition coefficient (Wildman–Crippen LogP) is 1.50. The van der Waals surface area contributed by atoms with Gasteiger partial charge in [0.05, 0.1) is 12.0 Å². The van der Waals surface area contributed by atoms with E-state index >= 15 is 0 Å². The Morgan fingerprint density at radius 3 is 2.75 bits per heavy atom. The van der Waals surface area contributed by atoms with Gasteiger partial charge in [-0.2, -0.15) is 0 Å². The third-order valence-electron chi connectivity index (χ3n) is 3.75. The first kappa shape index (κ1) is 13.5. The lowest BCUT2D eigenvalue weighted by molar-refractivity contribution is -0.142. The lowest BCUT2D eigenvalue weighted by Crippen LogP contribution is -2.40. The molecule has 0 bridgehead atoms. The second kappa shape index (κ2) is 6.21. The van der Waals surface area contributed by atoms with E-state index in [-0.39, 0.29) is 24.0 Å². The molecule has 0 aromatic rings. The van der Waals surface area contributed by atoms with Crippen molar-refractivity contribution in [1.29, 1.82) is 0 Å². The molecule has 16 heavy (non-hydrogen) atoms. The summed E-state index contributed by atoms with van der Waals surface area (Å²) in [6.07, 6.45) is 3.05. The average Bonchev–Trinajstić information content (AvgIpc) is 2.72. The first-order valence-electron chi connectivity index (χ1n) is 6.05. The van der Waals surface area contributed by atoms with E-state index in [1.165, 1.54) is 0 Å². The molecule has 4 nitrogen and oxygen atoms in total. The van der Waals surface area contributed by atoms with Crippen LogP contribution in [-0.4, -0.2) is 36.9 Å². The van der Waals surface area contributed by atoms with Crippen molar-refractivity contribution in [3.8, 4) is 0 Å². The normalized spacial score (nSPS) is 28.9. The van der Waals surface area contributed by atoms with Gasteiger partial charge in [0.2, 0.25) is 0 Å². The largest absolute Gasteiger partial charge is 0.481 e. The molecule has 0 aromatic carbocycles. The fourth-order valence-electron chi connectivity index (χ4n) is 2.31. The van der Waals surface area contributed by atoms with Gasteiger partial charge in [0, 0.05) is 13.2 Å². The van der Waals surface area contributed by atoms with Crippen LogP contribution in [0.2, 0.25) is 0 Å². The van der Waals surface area contributed by atoms with E-state index in [9.17, 15) is 4.79 Å². The second-order valence-corrected chi connectivity index (χ2v) is 4.77. The molecule has 1 fully saturated rings. The van der Waals surface area contributed by atoms with Gasteiger partial charge in [0.25, 0.3) is 0 Å². The van der Waals surface area contributed by atoms with Gasteiger partial charge in [-0.15, -0.1) is 0 Å². The zero-order chi connectivity index (χ0) is 12.1. The van der Waals surface area contributed by atoms with Crippen molar-refractivity contribution in [3.05, 3.63) is 0 Å². The van der Waals surface area contributed by atoms with Gasteiger partial charge in [0.15, 0.2) is 0 Å². The quantitative estimate of drug-likeness (QED) is 0.724. The number of ether oxygens (including phenoxy) is 1. The van der Waals surface area contributed by atoms with E-state index in [1.807, 2.05) is 6.92 Å². The first-order chi connectivity index (χ1) is 7.56. The Bertz CT molecular complexity index is 232. The van der Waals surface area contributed by atoms with E-state index in [4.69, 9.17) is 9.84 Å². The van der Waals surface area contributed by atoms with Crippen LogP contribution in [0.15, 0.2) is 0 Å². The van der Waals surface area contributed by atoms with Crippen molar-refractivity contribution in [2.45, 2.75) is 45.3 Å². The molecule has 0 aliphatic heterocycles. The van der Waals surface area contributed by atoms with Gasteiger partial charge in [-0.05, 0) is 39.2 Å². The molecule has 1 aliphatic rings. The number of hydrogen-bond donors (Lipinski definition) is 2. The summed E-state index contributed by atoms with van der Waals surface area (Å²) in [5.74, 6) is -0.515. The highest BCUT2D eigenvalue weighted by Gasteiger charge is 2.32. The number of methoxy groups -OCH3 is 1. The first-order valence-corrected chi connectivity index (χ1v) is 6.05. The highest BCUT2D eigenvalue weighted by atomic mass is 16.5. The lowest BCUT2D eigenvalue weighted by Gasteiger charge is -2.23. The highest BCUT2D eigenvalue weighted by molar-refractivity contribution is 5.70. The summed E-state index contributed by atoms with van der Waals surface area (Å²) in [6, 6.07) is 0.264. The van der Waals surface area contributed by atoms with Gasteiger partial charge >= 0.3 is 5.97 Å². The fourth-order valence-corrected chi connectivity index (χ4v) is 2.31. The van der Waals surface area contributed by atoms with Crippen molar-refractivity contribution in [3.63, 3.8) is 0 Å². The van der Waals surface area contributed by atoms with E-state index in [0.717, 1.165) is 25.8 Å². The van der Waals surface area contributed by atoms with E-state index < -0.39 is 5.97 Å². The zero-order valence-electron chi connectivity index (χ0n) is 10.4. The maximum atomic E-state index is 11.0. The van der Waals surface area contributed by atoms with E-state index in [2.05, 4.69) is 12.2 Å². The molecule has 1 saturated carbocycles. The Balaban J connectivity index is 2.34. The number of rotatable bonds is 6. The lowest BCUT2D eigenvalue weighted by atomic mass is 9.96. The van der Waals surface area contributed by atoms with Crippen LogP contribution in [0.25, 0.3) is 0 Å². The van der Waals surface area contributed by atoms with Gasteiger partial charge in [-0.3, -0.25) is 4.79 Å². The van der Waals surface area contributed by atoms with Gasteiger partial charge in [-0.1, -0.05) is 6.42 Å². The second-order valence-electron chi connectivity index (χ2n) is 4.77. The number of nitrogens with one attached hydrogen (secondary N) is 1. The Morgan fingerprint density at radius 2 is 2.19 bits per heavy atom. The Kier molecular flexibility index (Phi) is 5.22. The molecule has 94 valence electrons. The number of carboxylic acid groups (broad SMARTS) is 1. The third-order valence-corrected chi connectivity index (χ3v) is 3.75. The van der Waals surface area contributed by atoms with Crippen LogP contribution in [-0.2, 0) is 9.53 Å². The summed E-state index contributed by atoms with van der Waals surface area (Å²) >= 11 is 0. The fraction of sp³-hybridized carbons (Fsp3) is 0.917. The summed E-state index contributed by atoms with van der Waals surface area (Å²) < 4.78 is 5.22. The maximum absolute atomic E-state index is 11.0. The minimum atomic E-state index is -0.642. The zero-order valence-corrected chi connectivity index (χ0v) is 10.4. The standard InChI is InChI=1S/C12H23NO3/c1-8(9(2)16-3)13-7-10-5-4-6-11(10)12(14)15/h8-11,13H,4-7H2,1-3H3,(H,14,15). The summed E-state index contributed by atoms with van der Waals surface area (Å²) in [4.78, 5) is 11.0. The molecular weight excluding hydrogens is 206 g/mol. The molecule has 0 radical (unpaired) electrons. The van der Waals surface area contributed by atoms with Crippen LogP contribution < -0.4 is 5.32 Å². The molecule has 0 spiro atoms.